The van der Waals surface area contributed by atoms with Crippen LogP contribution in [0.15, 0.2) is 35.6 Å². The lowest BCUT2D eigenvalue weighted by molar-refractivity contribution is 0.318. The molecule has 0 amide bonds. The Morgan fingerprint density at radius 3 is 2.75 bits per heavy atom. The monoisotopic (exact) mass is 315 g/mol. The van der Waals surface area contributed by atoms with E-state index in [1.54, 1.807) is 0 Å². The molecule has 0 unspecified atom stereocenters. The van der Waals surface area contributed by atoms with E-state index >= 15 is 0 Å². The normalized spacial score (nSPS) is 11.4. The van der Waals surface area contributed by atoms with Gasteiger partial charge in [-0.1, -0.05) is 28.4 Å². The fourth-order valence-corrected chi connectivity index (χ4v) is 1.86. The highest BCUT2D eigenvalue weighted by Crippen LogP contribution is 2.33. The molecule has 104 valence electrons. The van der Waals surface area contributed by atoms with E-state index in [9.17, 15) is 4.39 Å². The minimum absolute atomic E-state index is 0.00396. The molecular weight excluding hydrogens is 308 g/mol. The van der Waals surface area contributed by atoms with Crippen molar-refractivity contribution < 1.29 is 14.3 Å². The summed E-state index contributed by atoms with van der Waals surface area (Å²) in [6, 6.07) is 5.07. The van der Waals surface area contributed by atoms with E-state index in [0.717, 1.165) is 6.07 Å². The first-order chi connectivity index (χ1) is 9.52. The average molecular weight is 316 g/mol. The first-order valence-corrected chi connectivity index (χ1v) is 6.04. The third-order valence-electron chi connectivity index (χ3n) is 2.34. The molecule has 0 spiro atoms. The fourth-order valence-electron chi connectivity index (χ4n) is 1.41. The van der Waals surface area contributed by atoms with Crippen LogP contribution in [-0.2, 0) is 0 Å². The second-order valence-electron chi connectivity index (χ2n) is 3.64. The van der Waals surface area contributed by atoms with Crippen LogP contribution in [0.25, 0.3) is 0 Å². The number of hydrogen-bond acceptors (Lipinski definition) is 4. The van der Waals surface area contributed by atoms with Gasteiger partial charge in [-0.2, -0.15) is 0 Å². The van der Waals surface area contributed by atoms with Gasteiger partial charge in [0.1, 0.15) is 16.6 Å². The van der Waals surface area contributed by atoms with Gasteiger partial charge in [0.2, 0.25) is 5.88 Å². The molecule has 2 rings (SSSR count). The topological polar surface area (TPSA) is 80.7 Å². The van der Waals surface area contributed by atoms with Gasteiger partial charge in [-0.15, -0.1) is 0 Å². The molecule has 5 nitrogen and oxygen atoms in total. The van der Waals surface area contributed by atoms with Gasteiger partial charge in [-0.05, 0) is 24.3 Å². The van der Waals surface area contributed by atoms with Crippen LogP contribution in [0, 0.1) is 5.82 Å². The predicted octanol–water partition coefficient (Wildman–Crippen LogP) is 3.41. The second kappa shape index (κ2) is 5.94. The molecule has 0 radical (unpaired) electrons. The van der Waals surface area contributed by atoms with Gasteiger partial charge in [0.05, 0.1) is 5.02 Å². The highest BCUT2D eigenvalue weighted by atomic mass is 35.5. The molecule has 0 aliphatic heterocycles. The molecule has 1 heterocycles. The van der Waals surface area contributed by atoms with E-state index in [-0.39, 0.29) is 33.1 Å². The minimum Gasteiger partial charge on any atom is -0.436 e. The summed E-state index contributed by atoms with van der Waals surface area (Å²) in [4.78, 5) is 3.92. The molecule has 3 N–H and O–H groups in total. The molecule has 0 aliphatic carbocycles. The summed E-state index contributed by atoms with van der Waals surface area (Å²) in [5.74, 6) is -0.498. The summed E-state index contributed by atoms with van der Waals surface area (Å²) in [6.45, 7) is 0. The van der Waals surface area contributed by atoms with Crippen molar-refractivity contribution in [3.05, 3.63) is 51.9 Å². The van der Waals surface area contributed by atoms with Crippen LogP contribution in [0.3, 0.4) is 0 Å². The Hall–Kier alpha value is -2.05. The molecule has 0 bridgehead atoms. The average Bonchev–Trinajstić information content (AvgIpc) is 2.43. The van der Waals surface area contributed by atoms with Gasteiger partial charge in [-0.3, -0.25) is 0 Å². The minimum atomic E-state index is -0.494. The molecular formula is C12H8Cl2FN3O2. The zero-order valence-corrected chi connectivity index (χ0v) is 11.4. The van der Waals surface area contributed by atoms with Crippen LogP contribution in [0.1, 0.15) is 5.56 Å². The zero-order chi connectivity index (χ0) is 14.7. The van der Waals surface area contributed by atoms with Gasteiger partial charge >= 0.3 is 0 Å². The van der Waals surface area contributed by atoms with Crippen LogP contribution in [-0.4, -0.2) is 16.0 Å². The number of hydrogen-bond donors (Lipinski definition) is 2. The molecule has 8 heteroatoms. The van der Waals surface area contributed by atoms with Crippen molar-refractivity contribution >= 4 is 29.0 Å². The fraction of sp³-hybridized carbons (Fsp3) is 0. The lowest BCUT2D eigenvalue weighted by atomic mass is 10.2. The maximum absolute atomic E-state index is 12.9. The van der Waals surface area contributed by atoms with Crippen molar-refractivity contribution in [2.45, 2.75) is 0 Å². The number of aromatic nitrogens is 1. The first-order valence-electron chi connectivity index (χ1n) is 5.28. The van der Waals surface area contributed by atoms with Crippen LogP contribution in [0.2, 0.25) is 10.0 Å². The summed E-state index contributed by atoms with van der Waals surface area (Å²) >= 11 is 11.9. The van der Waals surface area contributed by atoms with Crippen LogP contribution < -0.4 is 10.5 Å². The van der Waals surface area contributed by atoms with E-state index in [4.69, 9.17) is 38.9 Å². The number of benzene rings is 1. The number of nitrogens with zero attached hydrogens (tertiary/aromatic N) is 2. The lowest BCUT2D eigenvalue weighted by Crippen LogP contribution is -2.14. The number of ether oxygens (including phenoxy) is 1. The van der Waals surface area contributed by atoms with Crippen molar-refractivity contribution in [2.24, 2.45) is 10.9 Å². The quantitative estimate of drug-likeness (QED) is 0.393. The zero-order valence-electron chi connectivity index (χ0n) is 9.85. The van der Waals surface area contributed by atoms with Gasteiger partial charge in [0, 0.05) is 11.8 Å². The molecule has 2 aromatic rings. The predicted molar refractivity (Wildman–Crippen MR) is 73.2 cm³/mol. The molecule has 0 fully saturated rings. The molecule has 0 atom stereocenters. The number of nitrogens with two attached hydrogens (primary N) is 1. The van der Waals surface area contributed by atoms with Crippen molar-refractivity contribution in [1.29, 1.82) is 0 Å². The van der Waals surface area contributed by atoms with Gasteiger partial charge in [-0.25, -0.2) is 9.37 Å². The van der Waals surface area contributed by atoms with Crippen LogP contribution in [0.4, 0.5) is 4.39 Å². The SMILES string of the molecule is N/C(=N/O)c1ccnc(Oc2ccc(F)cc2Cl)c1Cl. The number of oxime groups is 1. The number of halogens is 3. The Kier molecular flexibility index (Phi) is 4.26. The van der Waals surface area contributed by atoms with E-state index < -0.39 is 5.82 Å². The van der Waals surface area contributed by atoms with E-state index in [1.165, 1.54) is 24.4 Å². The Bertz CT molecular complexity index is 680. The molecule has 0 saturated heterocycles. The summed E-state index contributed by atoms with van der Waals surface area (Å²) in [5, 5.41) is 11.6. The number of pyridine rings is 1. The Balaban J connectivity index is 2.39. The van der Waals surface area contributed by atoms with E-state index in [0.29, 0.717) is 0 Å². The van der Waals surface area contributed by atoms with Crippen LogP contribution in [0.5, 0.6) is 11.6 Å². The summed E-state index contributed by atoms with van der Waals surface area (Å²) in [6.07, 6.45) is 1.37. The number of amidine groups is 1. The summed E-state index contributed by atoms with van der Waals surface area (Å²) in [5.41, 5.74) is 5.71. The summed E-state index contributed by atoms with van der Waals surface area (Å²) in [7, 11) is 0. The Morgan fingerprint density at radius 2 is 2.10 bits per heavy atom. The molecule has 1 aromatic heterocycles. The maximum Gasteiger partial charge on any atom is 0.238 e. The van der Waals surface area contributed by atoms with Crippen molar-refractivity contribution in [3.63, 3.8) is 0 Å². The van der Waals surface area contributed by atoms with Crippen molar-refractivity contribution in [3.8, 4) is 11.6 Å². The summed E-state index contributed by atoms with van der Waals surface area (Å²) < 4.78 is 18.3. The van der Waals surface area contributed by atoms with Crippen molar-refractivity contribution in [1.82, 2.24) is 4.98 Å². The second-order valence-corrected chi connectivity index (χ2v) is 4.42. The van der Waals surface area contributed by atoms with Crippen molar-refractivity contribution in [2.75, 3.05) is 0 Å². The first kappa shape index (κ1) is 14.4. The van der Waals surface area contributed by atoms with E-state index in [1.807, 2.05) is 0 Å². The molecule has 0 aliphatic rings. The standard InChI is InChI=1S/C12H8Cl2FN3O2/c13-8-5-6(15)1-2-9(8)20-12-10(14)7(3-4-17-12)11(16)18-19/h1-5,19H,(H2,16,18). The smallest absolute Gasteiger partial charge is 0.238 e. The largest absolute Gasteiger partial charge is 0.436 e. The molecule has 20 heavy (non-hydrogen) atoms. The number of rotatable bonds is 3. The Morgan fingerprint density at radius 1 is 1.35 bits per heavy atom. The van der Waals surface area contributed by atoms with Gasteiger partial charge in [0.15, 0.2) is 5.84 Å². The van der Waals surface area contributed by atoms with Crippen LogP contribution >= 0.6 is 23.2 Å². The molecule has 1 aromatic carbocycles. The third kappa shape index (κ3) is 2.92. The highest BCUT2D eigenvalue weighted by Gasteiger charge is 2.14. The lowest BCUT2D eigenvalue weighted by Gasteiger charge is -2.10. The molecule has 0 saturated carbocycles. The van der Waals surface area contributed by atoms with Gasteiger partial charge < -0.3 is 15.7 Å². The third-order valence-corrected chi connectivity index (χ3v) is 3.00. The Labute approximate surface area is 123 Å². The highest BCUT2D eigenvalue weighted by molar-refractivity contribution is 6.35. The van der Waals surface area contributed by atoms with E-state index in [2.05, 4.69) is 10.1 Å². The van der Waals surface area contributed by atoms with Gasteiger partial charge in [0.25, 0.3) is 0 Å². The maximum atomic E-state index is 12.9.